The van der Waals surface area contributed by atoms with Crippen molar-refractivity contribution in [1.29, 1.82) is 0 Å². The summed E-state index contributed by atoms with van der Waals surface area (Å²) in [4.78, 5) is 0.615. The molecule has 1 atom stereocenters. The first-order chi connectivity index (χ1) is 7.65. The quantitative estimate of drug-likeness (QED) is 0.632. The van der Waals surface area contributed by atoms with Gasteiger partial charge in [0, 0.05) is 29.7 Å². The predicted octanol–water partition coefficient (Wildman–Crippen LogP) is 2.46. The second kappa shape index (κ2) is 6.89. The summed E-state index contributed by atoms with van der Waals surface area (Å²) in [5, 5.41) is 0.558. The minimum atomic E-state index is -1.10. The van der Waals surface area contributed by atoms with Gasteiger partial charge in [-0.3, -0.25) is 4.21 Å². The van der Waals surface area contributed by atoms with Crippen molar-refractivity contribution in [3.05, 3.63) is 23.2 Å². The van der Waals surface area contributed by atoms with Crippen molar-refractivity contribution >= 4 is 28.1 Å². The van der Waals surface area contributed by atoms with Crippen LogP contribution in [0.25, 0.3) is 0 Å². The maximum Gasteiger partial charge on any atom is 0.0632 e. The van der Waals surface area contributed by atoms with Gasteiger partial charge in [0.15, 0.2) is 0 Å². The Kier molecular flexibility index (Phi) is 5.80. The first-order valence-corrected chi connectivity index (χ1v) is 6.86. The van der Waals surface area contributed by atoms with E-state index in [4.69, 9.17) is 22.1 Å². The molecule has 0 spiro atoms. The molecule has 0 aliphatic heterocycles. The van der Waals surface area contributed by atoms with Crippen LogP contribution in [0.3, 0.4) is 0 Å². The minimum absolute atomic E-state index is 0.527. The third-order valence-electron chi connectivity index (χ3n) is 2.04. The molecule has 5 heteroatoms. The molecule has 0 aliphatic rings. The maximum absolute atomic E-state index is 11.9. The summed E-state index contributed by atoms with van der Waals surface area (Å²) in [6, 6.07) is 5.03. The van der Waals surface area contributed by atoms with Gasteiger partial charge in [-0.05, 0) is 31.5 Å². The van der Waals surface area contributed by atoms with E-state index in [9.17, 15) is 4.21 Å². The van der Waals surface area contributed by atoms with Crippen molar-refractivity contribution in [2.45, 2.75) is 18.2 Å². The lowest BCUT2D eigenvalue weighted by Crippen LogP contribution is -2.05. The predicted molar refractivity (Wildman–Crippen MR) is 68.2 cm³/mol. The van der Waals surface area contributed by atoms with Crippen molar-refractivity contribution in [2.75, 3.05) is 24.7 Å². The van der Waals surface area contributed by atoms with Crippen molar-refractivity contribution in [3.63, 3.8) is 0 Å². The van der Waals surface area contributed by atoms with Crippen LogP contribution in [0.5, 0.6) is 0 Å². The third-order valence-corrected chi connectivity index (χ3v) is 3.78. The van der Waals surface area contributed by atoms with Gasteiger partial charge in [0.05, 0.1) is 15.7 Å². The zero-order chi connectivity index (χ0) is 12.0. The Balaban J connectivity index is 2.55. The average molecular weight is 262 g/mol. The van der Waals surface area contributed by atoms with Gasteiger partial charge in [-0.15, -0.1) is 0 Å². The van der Waals surface area contributed by atoms with E-state index >= 15 is 0 Å². The van der Waals surface area contributed by atoms with Crippen molar-refractivity contribution in [3.8, 4) is 0 Å². The standard InChI is InChI=1S/C11H16ClNO2S/c1-2-15-6-3-7-16(14)11-8-9(12)4-5-10(11)13/h4-5,8H,2-3,6-7,13H2,1H3. The molecule has 0 bridgehead atoms. The summed E-state index contributed by atoms with van der Waals surface area (Å²) < 4.78 is 17.1. The van der Waals surface area contributed by atoms with Gasteiger partial charge in [-0.1, -0.05) is 11.6 Å². The van der Waals surface area contributed by atoms with Crippen LogP contribution in [0.1, 0.15) is 13.3 Å². The monoisotopic (exact) mass is 261 g/mol. The number of benzene rings is 1. The Labute approximate surface area is 103 Å². The Morgan fingerprint density at radius 3 is 2.94 bits per heavy atom. The number of rotatable bonds is 6. The molecule has 0 aliphatic carbocycles. The van der Waals surface area contributed by atoms with Crippen molar-refractivity contribution in [1.82, 2.24) is 0 Å². The Morgan fingerprint density at radius 2 is 2.25 bits per heavy atom. The maximum atomic E-state index is 11.9. The van der Waals surface area contributed by atoms with Gasteiger partial charge in [-0.25, -0.2) is 0 Å². The molecule has 1 unspecified atom stereocenters. The highest BCUT2D eigenvalue weighted by Crippen LogP contribution is 2.21. The van der Waals surface area contributed by atoms with Crippen LogP contribution in [-0.4, -0.2) is 23.2 Å². The molecule has 0 saturated heterocycles. The topological polar surface area (TPSA) is 52.3 Å². The lowest BCUT2D eigenvalue weighted by Gasteiger charge is -2.06. The second-order valence-electron chi connectivity index (χ2n) is 3.28. The van der Waals surface area contributed by atoms with E-state index in [0.717, 1.165) is 6.42 Å². The van der Waals surface area contributed by atoms with E-state index in [-0.39, 0.29) is 0 Å². The molecule has 16 heavy (non-hydrogen) atoms. The zero-order valence-corrected chi connectivity index (χ0v) is 10.8. The molecule has 2 N–H and O–H groups in total. The van der Waals surface area contributed by atoms with Crippen LogP contribution in [0, 0.1) is 0 Å². The van der Waals surface area contributed by atoms with E-state index in [1.54, 1.807) is 18.2 Å². The van der Waals surface area contributed by atoms with Crippen molar-refractivity contribution in [2.24, 2.45) is 0 Å². The van der Waals surface area contributed by atoms with E-state index in [2.05, 4.69) is 0 Å². The van der Waals surface area contributed by atoms with Crippen LogP contribution in [0.4, 0.5) is 5.69 Å². The fourth-order valence-electron chi connectivity index (χ4n) is 1.25. The summed E-state index contributed by atoms with van der Waals surface area (Å²) in [7, 11) is -1.10. The molecule has 0 heterocycles. The molecular weight excluding hydrogens is 246 g/mol. The van der Waals surface area contributed by atoms with Gasteiger partial charge in [0.2, 0.25) is 0 Å². The minimum Gasteiger partial charge on any atom is -0.398 e. The van der Waals surface area contributed by atoms with E-state index in [0.29, 0.717) is 34.6 Å². The second-order valence-corrected chi connectivity index (χ2v) is 5.26. The first kappa shape index (κ1) is 13.5. The SMILES string of the molecule is CCOCCCS(=O)c1cc(Cl)ccc1N. The average Bonchev–Trinajstić information content (AvgIpc) is 2.27. The summed E-state index contributed by atoms with van der Waals surface area (Å²) in [6.45, 7) is 3.25. The van der Waals surface area contributed by atoms with Gasteiger partial charge >= 0.3 is 0 Å². The van der Waals surface area contributed by atoms with Gasteiger partial charge in [-0.2, -0.15) is 0 Å². The number of anilines is 1. The number of nitrogens with two attached hydrogens (primary N) is 1. The molecule has 1 aromatic rings. The van der Waals surface area contributed by atoms with Gasteiger partial charge in [0.25, 0.3) is 0 Å². The molecule has 90 valence electrons. The Hall–Kier alpha value is -0.580. The van der Waals surface area contributed by atoms with Crippen molar-refractivity contribution < 1.29 is 8.95 Å². The lowest BCUT2D eigenvalue weighted by atomic mass is 10.3. The Morgan fingerprint density at radius 1 is 1.50 bits per heavy atom. The zero-order valence-electron chi connectivity index (χ0n) is 9.24. The highest BCUT2D eigenvalue weighted by atomic mass is 35.5. The van der Waals surface area contributed by atoms with E-state index in [1.807, 2.05) is 6.92 Å². The number of hydrogen-bond donors (Lipinski definition) is 1. The number of ether oxygens (including phenoxy) is 1. The van der Waals surface area contributed by atoms with Crippen LogP contribution >= 0.6 is 11.6 Å². The van der Waals surface area contributed by atoms with Crippen LogP contribution < -0.4 is 5.73 Å². The van der Waals surface area contributed by atoms with Crippen LogP contribution in [0.15, 0.2) is 23.1 Å². The van der Waals surface area contributed by atoms with E-state index < -0.39 is 10.8 Å². The Bertz CT molecular complexity index is 371. The fourth-order valence-corrected chi connectivity index (χ4v) is 2.68. The smallest absolute Gasteiger partial charge is 0.0632 e. The van der Waals surface area contributed by atoms with Gasteiger partial charge < -0.3 is 10.5 Å². The molecule has 0 amide bonds. The fraction of sp³-hybridized carbons (Fsp3) is 0.455. The lowest BCUT2D eigenvalue weighted by molar-refractivity contribution is 0.149. The molecular formula is C11H16ClNO2S. The summed E-state index contributed by atoms with van der Waals surface area (Å²) in [5.74, 6) is 0.546. The number of nitrogen functional groups attached to an aromatic ring is 1. The largest absolute Gasteiger partial charge is 0.398 e. The molecule has 0 fully saturated rings. The van der Waals surface area contributed by atoms with E-state index in [1.165, 1.54) is 0 Å². The number of halogens is 1. The summed E-state index contributed by atoms with van der Waals surface area (Å²) in [5.41, 5.74) is 6.26. The molecule has 1 aromatic carbocycles. The summed E-state index contributed by atoms with van der Waals surface area (Å²) in [6.07, 6.45) is 0.756. The number of hydrogen-bond acceptors (Lipinski definition) is 3. The van der Waals surface area contributed by atoms with Gasteiger partial charge in [0.1, 0.15) is 0 Å². The highest BCUT2D eigenvalue weighted by molar-refractivity contribution is 7.85. The van der Waals surface area contributed by atoms with Crippen LogP contribution in [-0.2, 0) is 15.5 Å². The molecule has 0 saturated carbocycles. The third kappa shape index (κ3) is 4.12. The first-order valence-electron chi connectivity index (χ1n) is 5.16. The molecule has 1 rings (SSSR count). The summed E-state index contributed by atoms with van der Waals surface area (Å²) >= 11 is 5.83. The molecule has 3 nitrogen and oxygen atoms in total. The highest BCUT2D eigenvalue weighted by Gasteiger charge is 2.08. The van der Waals surface area contributed by atoms with Crippen LogP contribution in [0.2, 0.25) is 5.02 Å². The molecule has 0 radical (unpaired) electrons. The normalized spacial score (nSPS) is 12.6. The molecule has 0 aromatic heterocycles.